The lowest BCUT2D eigenvalue weighted by atomic mass is 10.2. The van der Waals surface area contributed by atoms with Gasteiger partial charge in [-0.2, -0.15) is 0 Å². The van der Waals surface area contributed by atoms with E-state index >= 15 is 0 Å². The SMILES string of the molecule is COc1cc(/C=C2/SC(=O)N(CC(=O)Nc3ccc4c(c3)OCCO4)C2=O)cc(Br)c1OC. The van der Waals surface area contributed by atoms with Gasteiger partial charge in [0.05, 0.1) is 23.6 Å². The largest absolute Gasteiger partial charge is 0.493 e. The quantitative estimate of drug-likeness (QED) is 0.556. The summed E-state index contributed by atoms with van der Waals surface area (Å²) in [4.78, 5) is 38.8. The Morgan fingerprint density at radius 3 is 2.64 bits per heavy atom. The van der Waals surface area contributed by atoms with Crippen molar-refractivity contribution in [2.75, 3.05) is 39.3 Å². The van der Waals surface area contributed by atoms with Gasteiger partial charge in [0.15, 0.2) is 23.0 Å². The maximum atomic E-state index is 12.8. The van der Waals surface area contributed by atoms with Crippen molar-refractivity contribution in [3.05, 3.63) is 45.3 Å². The lowest BCUT2D eigenvalue weighted by Gasteiger charge is -2.19. The first-order valence-corrected chi connectivity index (χ1v) is 11.4. The van der Waals surface area contributed by atoms with Gasteiger partial charge in [-0.05, 0) is 63.6 Å². The van der Waals surface area contributed by atoms with E-state index in [9.17, 15) is 14.4 Å². The zero-order valence-corrected chi connectivity index (χ0v) is 20.1. The monoisotopic (exact) mass is 534 g/mol. The van der Waals surface area contributed by atoms with Gasteiger partial charge >= 0.3 is 0 Å². The number of thioether (sulfide) groups is 1. The highest BCUT2D eigenvalue weighted by atomic mass is 79.9. The number of carbonyl (C=O) groups excluding carboxylic acids is 3. The van der Waals surface area contributed by atoms with E-state index in [1.54, 1.807) is 36.4 Å². The first kappa shape index (κ1) is 23.0. The van der Waals surface area contributed by atoms with Gasteiger partial charge in [0.2, 0.25) is 5.91 Å². The Labute approximate surface area is 202 Å². The molecular weight excluding hydrogens is 516 g/mol. The smallest absolute Gasteiger partial charge is 0.294 e. The van der Waals surface area contributed by atoms with E-state index in [1.807, 2.05) is 0 Å². The number of halogens is 1. The lowest BCUT2D eigenvalue weighted by Crippen LogP contribution is -2.36. The number of nitrogens with one attached hydrogen (secondary N) is 1. The molecule has 1 fully saturated rings. The fraction of sp³-hybridized carbons (Fsp3) is 0.227. The van der Waals surface area contributed by atoms with Crippen LogP contribution >= 0.6 is 27.7 Å². The fourth-order valence-electron chi connectivity index (χ4n) is 3.27. The molecule has 3 amide bonds. The van der Waals surface area contributed by atoms with Crippen molar-refractivity contribution in [2.45, 2.75) is 0 Å². The number of ether oxygens (including phenoxy) is 4. The number of benzene rings is 2. The third-order valence-corrected chi connectivity index (χ3v) is 6.25. The Bertz CT molecular complexity index is 1170. The van der Waals surface area contributed by atoms with E-state index < -0.39 is 23.6 Å². The first-order chi connectivity index (χ1) is 15.9. The van der Waals surface area contributed by atoms with E-state index in [4.69, 9.17) is 18.9 Å². The molecule has 2 aromatic carbocycles. The van der Waals surface area contributed by atoms with Crippen molar-refractivity contribution in [3.8, 4) is 23.0 Å². The van der Waals surface area contributed by atoms with Gasteiger partial charge in [-0.1, -0.05) is 0 Å². The molecule has 0 aromatic heterocycles. The van der Waals surface area contributed by atoms with Crippen molar-refractivity contribution in [1.82, 2.24) is 4.90 Å². The second-order valence-corrected chi connectivity index (χ2v) is 8.76. The van der Waals surface area contributed by atoms with Crippen LogP contribution in [0.1, 0.15) is 5.56 Å². The fourth-order valence-corrected chi connectivity index (χ4v) is 4.73. The highest BCUT2D eigenvalue weighted by Crippen LogP contribution is 2.39. The summed E-state index contributed by atoms with van der Waals surface area (Å²) >= 11 is 4.17. The Morgan fingerprint density at radius 2 is 1.91 bits per heavy atom. The van der Waals surface area contributed by atoms with E-state index in [-0.39, 0.29) is 4.91 Å². The number of nitrogens with zero attached hydrogens (tertiary/aromatic N) is 1. The molecule has 2 aliphatic heterocycles. The van der Waals surface area contributed by atoms with E-state index in [0.29, 0.717) is 51.9 Å². The van der Waals surface area contributed by atoms with Gasteiger partial charge in [-0.25, -0.2) is 0 Å². The zero-order chi connectivity index (χ0) is 23.5. The van der Waals surface area contributed by atoms with Gasteiger partial charge in [0.25, 0.3) is 11.1 Å². The summed E-state index contributed by atoms with van der Waals surface area (Å²) in [5.41, 5.74) is 1.10. The predicted octanol–water partition coefficient (Wildman–Crippen LogP) is 3.91. The summed E-state index contributed by atoms with van der Waals surface area (Å²) in [5, 5.41) is 2.15. The van der Waals surface area contributed by atoms with Crippen molar-refractivity contribution in [1.29, 1.82) is 0 Å². The summed E-state index contributed by atoms with van der Waals surface area (Å²) in [5.74, 6) is 1.04. The second-order valence-electron chi connectivity index (χ2n) is 6.91. The Kier molecular flexibility index (Phi) is 6.80. The number of imide groups is 1. The Hall–Kier alpha value is -3.18. The first-order valence-electron chi connectivity index (χ1n) is 9.76. The van der Waals surface area contributed by atoms with Gasteiger partial charge in [-0.3, -0.25) is 19.3 Å². The molecule has 2 heterocycles. The van der Waals surface area contributed by atoms with Crippen LogP contribution in [0.25, 0.3) is 6.08 Å². The van der Waals surface area contributed by atoms with Crippen LogP contribution in [-0.2, 0) is 9.59 Å². The molecule has 0 aliphatic carbocycles. The average Bonchev–Trinajstić information content (AvgIpc) is 3.05. The molecule has 2 aliphatic rings. The molecule has 0 radical (unpaired) electrons. The summed E-state index contributed by atoms with van der Waals surface area (Å²) in [6, 6.07) is 8.41. The molecule has 0 bridgehead atoms. The summed E-state index contributed by atoms with van der Waals surface area (Å²) in [6.07, 6.45) is 1.57. The summed E-state index contributed by atoms with van der Waals surface area (Å²) < 4.78 is 22.2. The average molecular weight is 535 g/mol. The van der Waals surface area contributed by atoms with Gasteiger partial charge in [-0.15, -0.1) is 0 Å². The minimum absolute atomic E-state index is 0.200. The summed E-state index contributed by atoms with van der Waals surface area (Å²) in [6.45, 7) is 0.474. The van der Waals surface area contributed by atoms with E-state index in [1.165, 1.54) is 14.2 Å². The standard InChI is InChI=1S/C22H19BrN2O7S/c1-29-17-8-12(7-14(23)20(17)30-2)9-18-21(27)25(22(28)33-18)11-19(26)24-13-3-4-15-16(10-13)32-6-5-31-15/h3-4,7-10H,5-6,11H2,1-2H3,(H,24,26)/b18-9+. The molecule has 33 heavy (non-hydrogen) atoms. The molecule has 2 aromatic rings. The number of anilines is 1. The van der Waals surface area contributed by atoms with Crippen LogP contribution in [0.5, 0.6) is 23.0 Å². The molecule has 1 N–H and O–H groups in total. The molecule has 4 rings (SSSR count). The number of fused-ring (bicyclic) bond motifs is 1. The van der Waals surface area contributed by atoms with Gasteiger partial charge in [0, 0.05) is 11.8 Å². The minimum atomic E-state index is -0.548. The second kappa shape index (κ2) is 9.75. The zero-order valence-electron chi connectivity index (χ0n) is 17.7. The third kappa shape index (κ3) is 4.93. The number of methoxy groups -OCH3 is 2. The maximum absolute atomic E-state index is 12.8. The van der Waals surface area contributed by atoms with Crippen molar-refractivity contribution >= 4 is 56.5 Å². The van der Waals surface area contributed by atoms with Crippen LogP contribution in [0.3, 0.4) is 0 Å². The number of rotatable bonds is 6. The molecular formula is C22H19BrN2O7S. The number of hydrogen-bond donors (Lipinski definition) is 1. The maximum Gasteiger partial charge on any atom is 0.294 e. The molecule has 1 saturated heterocycles. The molecule has 11 heteroatoms. The molecule has 0 atom stereocenters. The molecule has 172 valence electrons. The Balaban J connectivity index is 1.46. The third-order valence-electron chi connectivity index (χ3n) is 4.75. The molecule has 0 saturated carbocycles. The molecule has 0 spiro atoms. The number of carbonyl (C=O) groups is 3. The summed E-state index contributed by atoms with van der Waals surface area (Å²) in [7, 11) is 3.02. The predicted molar refractivity (Wildman–Crippen MR) is 126 cm³/mol. The van der Waals surface area contributed by atoms with Crippen LogP contribution < -0.4 is 24.3 Å². The van der Waals surface area contributed by atoms with Gasteiger partial charge < -0.3 is 24.3 Å². The van der Waals surface area contributed by atoms with Crippen LogP contribution in [0.2, 0.25) is 0 Å². The highest BCUT2D eigenvalue weighted by Gasteiger charge is 2.36. The van der Waals surface area contributed by atoms with Crippen LogP contribution in [0.15, 0.2) is 39.7 Å². The molecule has 0 unspecified atom stereocenters. The van der Waals surface area contributed by atoms with Crippen molar-refractivity contribution < 1.29 is 33.3 Å². The van der Waals surface area contributed by atoms with Crippen molar-refractivity contribution in [3.63, 3.8) is 0 Å². The van der Waals surface area contributed by atoms with E-state index in [2.05, 4.69) is 21.2 Å². The molecule has 9 nitrogen and oxygen atoms in total. The van der Waals surface area contributed by atoms with Crippen LogP contribution in [-0.4, -0.2) is 55.9 Å². The van der Waals surface area contributed by atoms with Gasteiger partial charge in [0.1, 0.15) is 19.8 Å². The Morgan fingerprint density at radius 1 is 1.15 bits per heavy atom. The van der Waals surface area contributed by atoms with Crippen LogP contribution in [0.4, 0.5) is 10.5 Å². The van der Waals surface area contributed by atoms with Crippen LogP contribution in [0, 0.1) is 0 Å². The highest BCUT2D eigenvalue weighted by molar-refractivity contribution is 9.10. The normalized spacial score (nSPS) is 16.2. The lowest BCUT2D eigenvalue weighted by molar-refractivity contribution is -0.127. The van der Waals surface area contributed by atoms with E-state index in [0.717, 1.165) is 16.7 Å². The number of hydrogen-bond acceptors (Lipinski definition) is 8. The number of amides is 3. The van der Waals surface area contributed by atoms with Crippen molar-refractivity contribution in [2.24, 2.45) is 0 Å². The minimum Gasteiger partial charge on any atom is -0.493 e. The topological polar surface area (TPSA) is 103 Å².